The molecule has 0 aliphatic carbocycles. The molecule has 3 rings (SSSR count). The number of anilines is 2. The first-order chi connectivity index (χ1) is 14.8. The number of halogens is 4. The fourth-order valence-corrected chi connectivity index (χ4v) is 4.14. The first-order valence-electron chi connectivity index (χ1n) is 10.1. The Morgan fingerprint density at radius 2 is 1.88 bits per heavy atom. The summed E-state index contributed by atoms with van der Waals surface area (Å²) in [5, 5.41) is 15.8. The number of fused-ring (bicyclic) bond motifs is 1. The first-order valence-corrected chi connectivity index (χ1v) is 10.1. The molecule has 1 amide bonds. The van der Waals surface area contributed by atoms with E-state index in [9.17, 15) is 27.5 Å². The number of alkyl halides is 3. The molecule has 0 spiro atoms. The monoisotopic (exact) mass is 454 g/mol. The summed E-state index contributed by atoms with van der Waals surface area (Å²) < 4.78 is 61.4. The molecule has 0 saturated carbocycles. The predicted molar refractivity (Wildman–Crippen MR) is 114 cm³/mol. The highest BCUT2D eigenvalue weighted by atomic mass is 19.4. The maximum atomic E-state index is 14.1. The van der Waals surface area contributed by atoms with Crippen molar-refractivity contribution >= 4 is 17.3 Å². The summed E-state index contributed by atoms with van der Waals surface area (Å²) >= 11 is 0. The third-order valence-electron chi connectivity index (χ3n) is 5.75. The van der Waals surface area contributed by atoms with Gasteiger partial charge in [0.05, 0.1) is 20.1 Å². The topological polar surface area (TPSA) is 70.6 Å². The fraction of sp³-hybridized carbons (Fsp3) is 0.435. The van der Waals surface area contributed by atoms with Gasteiger partial charge < -0.3 is 20.5 Å². The van der Waals surface area contributed by atoms with Crippen LogP contribution in [0.15, 0.2) is 30.3 Å². The van der Waals surface area contributed by atoms with Gasteiger partial charge >= 0.3 is 6.18 Å². The molecule has 1 heterocycles. The number of carbonyl (C=O) groups is 1. The van der Waals surface area contributed by atoms with Gasteiger partial charge in [0.25, 0.3) is 0 Å². The highest BCUT2D eigenvalue weighted by Gasteiger charge is 2.56. The molecule has 2 aromatic rings. The van der Waals surface area contributed by atoms with Crippen molar-refractivity contribution in [3.63, 3.8) is 0 Å². The Hall–Kier alpha value is -2.81. The molecule has 5 nitrogen and oxygen atoms in total. The number of amides is 1. The maximum Gasteiger partial charge on any atom is 0.418 e. The molecule has 1 atom stereocenters. The molecule has 9 heteroatoms. The Kier molecular flexibility index (Phi) is 6.16. The summed E-state index contributed by atoms with van der Waals surface area (Å²) in [6, 6.07) is 7.31. The molecule has 2 aromatic carbocycles. The van der Waals surface area contributed by atoms with Crippen LogP contribution in [0.4, 0.5) is 28.9 Å². The van der Waals surface area contributed by atoms with E-state index in [-0.39, 0.29) is 23.7 Å². The molecule has 0 fully saturated rings. The van der Waals surface area contributed by atoms with Crippen LogP contribution in [0.2, 0.25) is 0 Å². The summed E-state index contributed by atoms with van der Waals surface area (Å²) in [5.41, 5.74) is -2.24. The van der Waals surface area contributed by atoms with E-state index < -0.39 is 36.0 Å². The average molecular weight is 454 g/mol. The van der Waals surface area contributed by atoms with Crippen molar-refractivity contribution < 1.29 is 32.2 Å². The fourth-order valence-electron chi connectivity index (χ4n) is 4.14. The Balaban J connectivity index is 1.91. The summed E-state index contributed by atoms with van der Waals surface area (Å²) in [6.07, 6.45) is -5.74. The Morgan fingerprint density at radius 3 is 2.50 bits per heavy atom. The molecular weight excluding hydrogens is 428 g/mol. The number of carbonyl (C=O) groups excluding carboxylic acids is 1. The van der Waals surface area contributed by atoms with Gasteiger partial charge in [0, 0.05) is 16.9 Å². The molecule has 1 aliphatic heterocycles. The Labute approximate surface area is 183 Å². The first kappa shape index (κ1) is 23.8. The van der Waals surface area contributed by atoms with Crippen LogP contribution in [0.5, 0.6) is 5.75 Å². The van der Waals surface area contributed by atoms with E-state index in [1.807, 2.05) is 6.92 Å². The number of rotatable bonds is 7. The van der Waals surface area contributed by atoms with Crippen molar-refractivity contribution in [3.8, 4) is 5.75 Å². The van der Waals surface area contributed by atoms with Gasteiger partial charge in [0.1, 0.15) is 11.6 Å². The van der Waals surface area contributed by atoms with Crippen LogP contribution < -0.4 is 15.4 Å². The summed E-state index contributed by atoms with van der Waals surface area (Å²) in [4.78, 5) is 11.7. The minimum Gasteiger partial charge on any atom is -0.496 e. The summed E-state index contributed by atoms with van der Waals surface area (Å²) in [6.45, 7) is 4.11. The molecule has 1 aliphatic rings. The molecule has 0 bridgehead atoms. The number of hydrogen-bond donors (Lipinski definition) is 3. The van der Waals surface area contributed by atoms with Crippen molar-refractivity contribution in [1.29, 1.82) is 0 Å². The van der Waals surface area contributed by atoms with Gasteiger partial charge in [-0.25, -0.2) is 4.39 Å². The molecule has 1 unspecified atom stereocenters. The lowest BCUT2D eigenvalue weighted by molar-refractivity contribution is -0.260. The third kappa shape index (κ3) is 4.67. The van der Waals surface area contributed by atoms with E-state index in [1.165, 1.54) is 7.11 Å². The summed E-state index contributed by atoms with van der Waals surface area (Å²) in [5.74, 6) is -0.666. The van der Waals surface area contributed by atoms with E-state index in [4.69, 9.17) is 4.74 Å². The van der Waals surface area contributed by atoms with Crippen molar-refractivity contribution in [2.75, 3.05) is 24.3 Å². The van der Waals surface area contributed by atoms with Crippen LogP contribution in [-0.2, 0) is 16.6 Å². The van der Waals surface area contributed by atoms with Crippen molar-refractivity contribution in [2.24, 2.45) is 0 Å². The molecule has 0 radical (unpaired) electrons. The van der Waals surface area contributed by atoms with Gasteiger partial charge in [-0.3, -0.25) is 4.79 Å². The largest absolute Gasteiger partial charge is 0.496 e. The zero-order valence-electron chi connectivity index (χ0n) is 18.3. The number of aryl methyl sites for hydroxylation is 1. The highest BCUT2D eigenvalue weighted by molar-refractivity contribution is 6.01. The van der Waals surface area contributed by atoms with Crippen LogP contribution in [-0.4, -0.2) is 36.4 Å². The quantitative estimate of drug-likeness (QED) is 0.530. The molecule has 174 valence electrons. The van der Waals surface area contributed by atoms with Crippen LogP contribution in [0.25, 0.3) is 0 Å². The van der Waals surface area contributed by atoms with Gasteiger partial charge in [0.2, 0.25) is 5.91 Å². The smallest absolute Gasteiger partial charge is 0.418 e. The lowest BCUT2D eigenvalue weighted by atomic mass is 9.74. The van der Waals surface area contributed by atoms with Crippen molar-refractivity contribution in [1.82, 2.24) is 0 Å². The minimum absolute atomic E-state index is 0.0340. The van der Waals surface area contributed by atoms with Crippen LogP contribution in [0.3, 0.4) is 0 Å². The number of nitrogens with one attached hydrogen (secondary N) is 2. The molecule has 3 N–H and O–H groups in total. The van der Waals surface area contributed by atoms with Crippen LogP contribution in [0, 0.1) is 12.7 Å². The van der Waals surface area contributed by atoms with Crippen molar-refractivity contribution in [2.45, 2.75) is 50.8 Å². The Morgan fingerprint density at radius 1 is 1.19 bits per heavy atom. The number of benzene rings is 2. The number of aliphatic hydroxyl groups is 1. The zero-order chi connectivity index (χ0) is 23.9. The summed E-state index contributed by atoms with van der Waals surface area (Å²) in [7, 11) is 1.44. The van der Waals surface area contributed by atoms with E-state index in [2.05, 4.69) is 10.6 Å². The van der Waals surface area contributed by atoms with Gasteiger partial charge in [0.15, 0.2) is 5.60 Å². The second-order valence-electron chi connectivity index (χ2n) is 8.85. The zero-order valence-corrected chi connectivity index (χ0v) is 18.3. The van der Waals surface area contributed by atoms with Crippen molar-refractivity contribution in [3.05, 3.63) is 52.8 Å². The lowest BCUT2D eigenvalue weighted by Gasteiger charge is -2.38. The predicted octanol–water partition coefficient (Wildman–Crippen LogP) is 4.71. The standard InChI is InChI=1S/C23H26F4N2O3/c1-13-5-6-16(19(7-13)32-4)21(2,3)11-22(31,23(25,26)27)12-28-17-8-14(24)9-18-15(17)10-20(30)29-18/h5-9,28,31H,10-12H2,1-4H3,(H,29,30). The molecule has 0 saturated heterocycles. The van der Waals surface area contributed by atoms with E-state index in [0.717, 1.165) is 17.7 Å². The normalized spacial score (nSPS) is 15.7. The highest BCUT2D eigenvalue weighted by Crippen LogP contribution is 2.44. The number of hydrogen-bond acceptors (Lipinski definition) is 4. The maximum absolute atomic E-state index is 14.1. The van der Waals surface area contributed by atoms with Crippen LogP contribution >= 0.6 is 0 Å². The second kappa shape index (κ2) is 8.27. The molecule has 0 aromatic heterocycles. The van der Waals surface area contributed by atoms with Gasteiger partial charge in [-0.15, -0.1) is 0 Å². The van der Waals surface area contributed by atoms with E-state index in [0.29, 0.717) is 16.9 Å². The Bertz CT molecular complexity index is 1040. The average Bonchev–Trinajstić information content (AvgIpc) is 3.04. The van der Waals surface area contributed by atoms with Gasteiger partial charge in [-0.05, 0) is 48.1 Å². The third-order valence-corrected chi connectivity index (χ3v) is 5.75. The van der Waals surface area contributed by atoms with E-state index in [1.54, 1.807) is 32.0 Å². The van der Waals surface area contributed by atoms with Gasteiger partial charge in [-0.2, -0.15) is 13.2 Å². The second-order valence-corrected chi connectivity index (χ2v) is 8.85. The number of methoxy groups -OCH3 is 1. The van der Waals surface area contributed by atoms with Crippen LogP contribution in [0.1, 0.15) is 37.0 Å². The van der Waals surface area contributed by atoms with E-state index >= 15 is 0 Å². The SMILES string of the molecule is COc1cc(C)ccc1C(C)(C)CC(O)(CNc1cc(F)cc2c1CC(=O)N2)C(F)(F)F. The minimum atomic E-state index is -4.97. The molecule has 32 heavy (non-hydrogen) atoms. The molecular formula is C23H26F4N2O3. The van der Waals surface area contributed by atoms with Gasteiger partial charge in [-0.1, -0.05) is 26.0 Å². The number of ether oxygens (including phenoxy) is 1. The lowest BCUT2D eigenvalue weighted by Crippen LogP contribution is -2.53.